The topological polar surface area (TPSA) is 49.7 Å². The second-order valence-corrected chi connectivity index (χ2v) is 10.6. The average Bonchev–Trinajstić information content (AvgIpc) is 2.11. The molecular weight excluding hydrogens is 208 g/mol. The maximum atomic E-state index is 9.41. The van der Waals surface area contributed by atoms with Crippen LogP contribution in [0.4, 0.5) is 0 Å². The van der Waals surface area contributed by atoms with E-state index in [1.807, 2.05) is 6.92 Å². The van der Waals surface area contributed by atoms with Crippen molar-refractivity contribution in [3.63, 3.8) is 0 Å². The lowest BCUT2D eigenvalue weighted by Crippen LogP contribution is -2.43. The molecule has 0 aromatic carbocycles. The summed E-state index contributed by atoms with van der Waals surface area (Å²) in [6.45, 7) is 13.2. The van der Waals surface area contributed by atoms with Crippen molar-refractivity contribution in [2.45, 2.75) is 51.9 Å². The van der Waals surface area contributed by atoms with E-state index in [0.29, 0.717) is 6.61 Å². The molecule has 0 amide bonds. The summed E-state index contributed by atoms with van der Waals surface area (Å²) in [6.07, 6.45) is -0.672. The Balaban J connectivity index is 4.16. The van der Waals surface area contributed by atoms with Gasteiger partial charge in [-0.15, -0.1) is 0 Å². The van der Waals surface area contributed by atoms with Crippen molar-refractivity contribution in [3.8, 4) is 0 Å². The van der Waals surface area contributed by atoms with Crippen LogP contribution in [0.25, 0.3) is 0 Å². The highest BCUT2D eigenvalue weighted by molar-refractivity contribution is 6.74. The quantitative estimate of drug-likeness (QED) is 0.715. The average molecular weight is 234 g/mol. The summed E-state index contributed by atoms with van der Waals surface area (Å²) in [5, 5.41) is 18.4. The van der Waals surface area contributed by atoms with Gasteiger partial charge in [-0.1, -0.05) is 27.7 Å². The summed E-state index contributed by atoms with van der Waals surface area (Å²) >= 11 is 0. The van der Waals surface area contributed by atoms with Gasteiger partial charge in [0.25, 0.3) is 0 Å². The molecule has 92 valence electrons. The largest absolute Gasteiger partial charge is 0.416 e. The normalized spacial score (nSPS) is 17.6. The zero-order chi connectivity index (χ0) is 12.3. The predicted molar refractivity (Wildman–Crippen MR) is 65.4 cm³/mol. The number of aliphatic hydroxyl groups excluding tert-OH is 2. The maximum Gasteiger partial charge on any atom is 0.191 e. The zero-order valence-electron chi connectivity index (χ0n) is 10.9. The van der Waals surface area contributed by atoms with Crippen molar-refractivity contribution in [1.82, 2.24) is 0 Å². The molecule has 0 bridgehead atoms. The summed E-state index contributed by atoms with van der Waals surface area (Å²) in [6, 6.07) is 0. The van der Waals surface area contributed by atoms with Crippen molar-refractivity contribution in [2.24, 2.45) is 5.92 Å². The van der Waals surface area contributed by atoms with Crippen LogP contribution in [-0.2, 0) is 4.43 Å². The molecule has 0 saturated carbocycles. The Labute approximate surface area is 94.6 Å². The van der Waals surface area contributed by atoms with Crippen LogP contribution in [0.3, 0.4) is 0 Å². The van der Waals surface area contributed by atoms with Crippen molar-refractivity contribution < 1.29 is 14.6 Å². The molecule has 2 unspecified atom stereocenters. The van der Waals surface area contributed by atoms with Crippen LogP contribution in [0.2, 0.25) is 18.1 Å². The number of hydrogen-bond acceptors (Lipinski definition) is 3. The van der Waals surface area contributed by atoms with Gasteiger partial charge < -0.3 is 14.6 Å². The lowest BCUT2D eigenvalue weighted by Gasteiger charge is -2.37. The van der Waals surface area contributed by atoms with Crippen LogP contribution in [0, 0.1) is 5.92 Å². The first-order valence-corrected chi connectivity index (χ1v) is 8.45. The predicted octanol–water partition coefficient (Wildman–Crippen LogP) is 2.00. The minimum Gasteiger partial charge on any atom is -0.416 e. The molecule has 4 heteroatoms. The van der Waals surface area contributed by atoms with E-state index < -0.39 is 14.4 Å². The molecule has 2 N–H and O–H groups in total. The molecule has 0 spiro atoms. The molecule has 2 atom stereocenters. The van der Waals surface area contributed by atoms with E-state index in [2.05, 4.69) is 33.9 Å². The summed E-state index contributed by atoms with van der Waals surface area (Å²) in [5.74, 6) is -0.0101. The van der Waals surface area contributed by atoms with E-state index in [1.54, 1.807) is 0 Å². The van der Waals surface area contributed by atoms with Gasteiger partial charge in [-0.25, -0.2) is 0 Å². The van der Waals surface area contributed by atoms with Gasteiger partial charge >= 0.3 is 0 Å². The molecule has 0 saturated heterocycles. The lowest BCUT2D eigenvalue weighted by atomic mass is 10.1. The Bertz CT molecular complexity index is 187. The molecule has 0 fully saturated rings. The van der Waals surface area contributed by atoms with Crippen molar-refractivity contribution in [3.05, 3.63) is 0 Å². The first-order chi connectivity index (χ1) is 6.62. The standard InChI is InChI=1S/C11H26O3Si/c1-9(10(13)7-12)8-14-15(5,6)11(2,3)4/h9-10,12-13H,7-8H2,1-6H3. The number of aliphatic hydroxyl groups is 2. The summed E-state index contributed by atoms with van der Waals surface area (Å²) in [4.78, 5) is 0. The molecule has 0 heterocycles. The van der Waals surface area contributed by atoms with E-state index >= 15 is 0 Å². The Hall–Kier alpha value is 0.0969. The Morgan fingerprint density at radius 2 is 1.73 bits per heavy atom. The summed E-state index contributed by atoms with van der Waals surface area (Å²) in [7, 11) is -1.72. The fourth-order valence-electron chi connectivity index (χ4n) is 0.847. The van der Waals surface area contributed by atoms with Gasteiger partial charge in [0.15, 0.2) is 8.32 Å². The Morgan fingerprint density at radius 3 is 2.07 bits per heavy atom. The van der Waals surface area contributed by atoms with E-state index in [4.69, 9.17) is 9.53 Å². The van der Waals surface area contributed by atoms with Crippen molar-refractivity contribution in [1.29, 1.82) is 0 Å². The third-order valence-electron chi connectivity index (χ3n) is 3.36. The maximum absolute atomic E-state index is 9.41. The molecular formula is C11H26O3Si. The van der Waals surface area contributed by atoms with Crippen molar-refractivity contribution in [2.75, 3.05) is 13.2 Å². The van der Waals surface area contributed by atoms with Crippen LogP contribution < -0.4 is 0 Å². The number of rotatable bonds is 5. The first kappa shape index (κ1) is 15.1. The summed E-state index contributed by atoms with van der Waals surface area (Å²) < 4.78 is 5.95. The van der Waals surface area contributed by atoms with Crippen LogP contribution >= 0.6 is 0 Å². The van der Waals surface area contributed by atoms with Gasteiger partial charge in [0, 0.05) is 12.5 Å². The molecule has 0 radical (unpaired) electrons. The zero-order valence-corrected chi connectivity index (χ0v) is 11.9. The fraction of sp³-hybridized carbons (Fsp3) is 1.00. The second-order valence-electron chi connectivity index (χ2n) is 5.80. The SMILES string of the molecule is CC(CO[Si](C)(C)C(C)(C)C)C(O)CO. The van der Waals surface area contributed by atoms with Gasteiger partial charge in [-0.3, -0.25) is 0 Å². The molecule has 0 rings (SSSR count). The molecule has 0 aliphatic heterocycles. The van der Waals surface area contributed by atoms with Gasteiger partial charge in [0.1, 0.15) is 0 Å². The van der Waals surface area contributed by atoms with E-state index in [0.717, 1.165) is 0 Å². The molecule has 0 aliphatic carbocycles. The van der Waals surface area contributed by atoms with Crippen LogP contribution in [0.5, 0.6) is 0 Å². The minimum absolute atomic E-state index is 0.0101. The smallest absolute Gasteiger partial charge is 0.191 e. The Morgan fingerprint density at radius 1 is 1.27 bits per heavy atom. The lowest BCUT2D eigenvalue weighted by molar-refractivity contribution is 0.0324. The highest BCUT2D eigenvalue weighted by Gasteiger charge is 2.37. The van der Waals surface area contributed by atoms with Gasteiger partial charge in [-0.2, -0.15) is 0 Å². The molecule has 0 aromatic heterocycles. The highest BCUT2D eigenvalue weighted by Crippen LogP contribution is 2.36. The molecule has 0 aromatic rings. The second kappa shape index (κ2) is 5.43. The number of hydrogen-bond donors (Lipinski definition) is 2. The third kappa shape index (κ3) is 4.63. The van der Waals surface area contributed by atoms with Crippen LogP contribution in [0.1, 0.15) is 27.7 Å². The molecule has 15 heavy (non-hydrogen) atoms. The monoisotopic (exact) mass is 234 g/mol. The van der Waals surface area contributed by atoms with E-state index in [9.17, 15) is 5.11 Å². The first-order valence-electron chi connectivity index (χ1n) is 5.54. The minimum atomic E-state index is -1.72. The van der Waals surface area contributed by atoms with Gasteiger partial charge in [0.05, 0.1) is 12.7 Å². The third-order valence-corrected chi connectivity index (χ3v) is 7.86. The molecule has 0 aliphatic rings. The van der Waals surface area contributed by atoms with Gasteiger partial charge in [0.2, 0.25) is 0 Å². The fourth-order valence-corrected chi connectivity index (χ4v) is 1.96. The Kier molecular flexibility index (Phi) is 5.47. The highest BCUT2D eigenvalue weighted by atomic mass is 28.4. The van der Waals surface area contributed by atoms with Crippen LogP contribution in [0.15, 0.2) is 0 Å². The molecule has 3 nitrogen and oxygen atoms in total. The van der Waals surface area contributed by atoms with Gasteiger partial charge in [-0.05, 0) is 18.1 Å². The van der Waals surface area contributed by atoms with Crippen LogP contribution in [-0.4, -0.2) is 37.8 Å². The van der Waals surface area contributed by atoms with E-state index in [-0.39, 0.29) is 17.6 Å². The van der Waals surface area contributed by atoms with E-state index in [1.165, 1.54) is 0 Å². The van der Waals surface area contributed by atoms with Crippen molar-refractivity contribution >= 4 is 8.32 Å². The summed E-state index contributed by atoms with van der Waals surface area (Å²) in [5.41, 5.74) is 0.